The molecule has 1 fully saturated rings. The van der Waals surface area contributed by atoms with Gasteiger partial charge in [-0.2, -0.15) is 0 Å². The topological polar surface area (TPSA) is 40.5 Å². The quantitative estimate of drug-likeness (QED) is 0.627. The van der Waals surface area contributed by atoms with Crippen LogP contribution in [0.3, 0.4) is 0 Å². The number of hydrogen-bond acceptors (Lipinski definition) is 2. The number of rotatable bonds is 2. The van der Waals surface area contributed by atoms with Gasteiger partial charge in [0.05, 0.1) is 8.07 Å². The van der Waals surface area contributed by atoms with E-state index in [1.807, 2.05) is 66.7 Å². The van der Waals surface area contributed by atoms with E-state index in [4.69, 9.17) is 0 Å². The summed E-state index contributed by atoms with van der Waals surface area (Å²) >= 11 is 0. The number of allylic oxidation sites excluding steroid dienone is 1. The van der Waals surface area contributed by atoms with Gasteiger partial charge in [-0.1, -0.05) is 80.0 Å². The largest absolute Gasteiger partial charge is 0.385 e. The first kappa shape index (κ1) is 18.4. The van der Waals surface area contributed by atoms with Crippen LogP contribution < -0.4 is 0 Å². The highest BCUT2D eigenvalue weighted by Crippen LogP contribution is 2.40. The lowest BCUT2D eigenvalue weighted by atomic mass is 9.78. The summed E-state index contributed by atoms with van der Waals surface area (Å²) < 4.78 is 0. The average molecular weight is 361 g/mol. The molecule has 2 atom stereocenters. The molecule has 0 radical (unpaired) electrons. The normalized spacial score (nSPS) is 23.0. The molecule has 0 aliphatic heterocycles. The van der Waals surface area contributed by atoms with Crippen molar-refractivity contribution in [3.05, 3.63) is 88.1 Å². The Morgan fingerprint density at radius 3 is 2.04 bits per heavy atom. The van der Waals surface area contributed by atoms with Crippen LogP contribution in [0.5, 0.6) is 0 Å². The molecule has 0 heterocycles. The molecule has 0 bridgehead atoms. The Bertz CT molecular complexity index is 894. The summed E-state index contributed by atoms with van der Waals surface area (Å²) in [4.78, 5) is 0. The van der Waals surface area contributed by atoms with Crippen molar-refractivity contribution in [2.45, 2.75) is 31.8 Å². The summed E-state index contributed by atoms with van der Waals surface area (Å²) in [6.45, 7) is 6.64. The van der Waals surface area contributed by atoms with Crippen LogP contribution in [-0.2, 0) is 0 Å². The van der Waals surface area contributed by atoms with Crippen molar-refractivity contribution in [3.63, 3.8) is 0 Å². The first-order valence-electron chi connectivity index (χ1n) is 8.83. The van der Waals surface area contributed by atoms with E-state index in [2.05, 4.69) is 31.5 Å². The van der Waals surface area contributed by atoms with Gasteiger partial charge in [0.15, 0.2) is 0 Å². The fraction of sp³-hybridized carbons (Fsp3) is 0.217. The van der Waals surface area contributed by atoms with Gasteiger partial charge in [0.2, 0.25) is 0 Å². The summed E-state index contributed by atoms with van der Waals surface area (Å²) in [5, 5.41) is 21.8. The third-order valence-electron chi connectivity index (χ3n) is 4.47. The van der Waals surface area contributed by atoms with Gasteiger partial charge >= 0.3 is 0 Å². The standard InChI is InChI=1S/C23H24O2Si/c1-26(2,3)20(15-14-17-10-6-4-7-11-17)21-19(22(24)23(21)25)16-18-12-8-5-9-13-18/h4-13,16,22-25H,1-3H3/b19-16-,21-20-. The molecule has 2 aromatic rings. The third-order valence-corrected chi connectivity index (χ3v) is 6.37. The summed E-state index contributed by atoms with van der Waals surface area (Å²) in [5.74, 6) is 6.55. The molecule has 2 aromatic carbocycles. The lowest BCUT2D eigenvalue weighted by Crippen LogP contribution is -2.45. The molecule has 2 unspecified atom stereocenters. The van der Waals surface area contributed by atoms with Crippen LogP contribution >= 0.6 is 0 Å². The fourth-order valence-corrected chi connectivity index (χ4v) is 4.60. The highest BCUT2D eigenvalue weighted by Gasteiger charge is 2.42. The molecular weight excluding hydrogens is 336 g/mol. The van der Waals surface area contributed by atoms with E-state index in [1.165, 1.54) is 0 Å². The molecule has 0 amide bonds. The van der Waals surface area contributed by atoms with E-state index in [0.29, 0.717) is 0 Å². The van der Waals surface area contributed by atoms with Crippen LogP contribution in [0.15, 0.2) is 77.0 Å². The van der Waals surface area contributed by atoms with Crippen molar-refractivity contribution in [2.24, 2.45) is 0 Å². The van der Waals surface area contributed by atoms with Crippen LogP contribution in [-0.4, -0.2) is 30.5 Å². The van der Waals surface area contributed by atoms with Crippen LogP contribution in [0.2, 0.25) is 19.6 Å². The maximum atomic E-state index is 10.5. The maximum absolute atomic E-state index is 10.5. The first-order valence-corrected chi connectivity index (χ1v) is 12.3. The zero-order valence-corrected chi connectivity index (χ0v) is 16.4. The molecular formula is C23H24O2Si. The molecule has 1 saturated carbocycles. The van der Waals surface area contributed by atoms with Gasteiger partial charge < -0.3 is 10.2 Å². The molecule has 3 rings (SSSR count). The minimum Gasteiger partial charge on any atom is -0.385 e. The second kappa shape index (κ2) is 7.47. The first-order chi connectivity index (χ1) is 12.4. The minimum atomic E-state index is -1.81. The smallest absolute Gasteiger partial charge is 0.110 e. The average Bonchev–Trinajstić information content (AvgIpc) is 2.64. The molecule has 3 heteroatoms. The van der Waals surface area contributed by atoms with Gasteiger partial charge in [0.1, 0.15) is 12.2 Å². The highest BCUT2D eigenvalue weighted by atomic mass is 28.3. The van der Waals surface area contributed by atoms with Crippen molar-refractivity contribution in [1.29, 1.82) is 0 Å². The summed E-state index contributed by atoms with van der Waals surface area (Å²) in [6, 6.07) is 19.7. The SMILES string of the molecule is C[Si](C)(C)/C(C#Cc1ccccc1)=C1/C(=C/c2ccccc2)C(O)C1O. The van der Waals surface area contributed by atoms with Crippen LogP contribution in [0.25, 0.3) is 6.08 Å². The maximum Gasteiger partial charge on any atom is 0.110 e. The van der Waals surface area contributed by atoms with Crippen LogP contribution in [0.4, 0.5) is 0 Å². The number of benzene rings is 2. The van der Waals surface area contributed by atoms with E-state index in [1.54, 1.807) is 0 Å². The molecule has 0 spiro atoms. The molecule has 2 N–H and O–H groups in total. The molecule has 132 valence electrons. The molecule has 0 aromatic heterocycles. The monoisotopic (exact) mass is 360 g/mol. The van der Waals surface area contributed by atoms with Gasteiger partial charge in [0, 0.05) is 5.56 Å². The molecule has 1 aliphatic rings. The zero-order valence-electron chi connectivity index (χ0n) is 15.4. The molecule has 1 aliphatic carbocycles. The second-order valence-corrected chi connectivity index (χ2v) is 12.6. The Labute approximate surface area is 156 Å². The van der Waals surface area contributed by atoms with Crippen LogP contribution in [0, 0.1) is 11.8 Å². The van der Waals surface area contributed by atoms with Crippen molar-refractivity contribution < 1.29 is 10.2 Å². The van der Waals surface area contributed by atoms with Crippen molar-refractivity contribution in [1.82, 2.24) is 0 Å². The van der Waals surface area contributed by atoms with Crippen molar-refractivity contribution in [3.8, 4) is 11.8 Å². The van der Waals surface area contributed by atoms with E-state index in [0.717, 1.165) is 27.5 Å². The Kier molecular flexibility index (Phi) is 5.29. The number of aliphatic hydroxyl groups is 2. The Morgan fingerprint density at radius 1 is 0.885 bits per heavy atom. The fourth-order valence-electron chi connectivity index (χ4n) is 3.06. The van der Waals surface area contributed by atoms with E-state index in [9.17, 15) is 10.2 Å². The summed E-state index contributed by atoms with van der Waals surface area (Å²) in [7, 11) is -1.81. The van der Waals surface area contributed by atoms with E-state index >= 15 is 0 Å². The van der Waals surface area contributed by atoms with E-state index < -0.39 is 20.3 Å². The van der Waals surface area contributed by atoms with Crippen molar-refractivity contribution >= 4 is 14.1 Å². The zero-order chi connectivity index (χ0) is 18.7. The lowest BCUT2D eigenvalue weighted by molar-refractivity contribution is 0.0354. The molecule has 0 saturated heterocycles. The predicted molar refractivity (Wildman–Crippen MR) is 110 cm³/mol. The van der Waals surface area contributed by atoms with E-state index in [-0.39, 0.29) is 0 Å². The third kappa shape index (κ3) is 3.89. The van der Waals surface area contributed by atoms with Gasteiger partial charge in [-0.05, 0) is 40.1 Å². The van der Waals surface area contributed by atoms with Gasteiger partial charge in [0.25, 0.3) is 0 Å². The summed E-state index contributed by atoms with van der Waals surface area (Å²) in [5.41, 5.74) is 3.55. The number of hydrogen-bond donors (Lipinski definition) is 2. The Balaban J connectivity index is 2.09. The van der Waals surface area contributed by atoms with Gasteiger partial charge in [-0.25, -0.2) is 0 Å². The highest BCUT2D eigenvalue weighted by molar-refractivity contribution is 6.84. The number of aliphatic hydroxyl groups excluding tert-OH is 2. The van der Waals surface area contributed by atoms with Gasteiger partial charge in [-0.15, -0.1) is 0 Å². The predicted octanol–water partition coefficient (Wildman–Crippen LogP) is 4.03. The van der Waals surface area contributed by atoms with Gasteiger partial charge in [-0.3, -0.25) is 0 Å². The molecule has 2 nitrogen and oxygen atoms in total. The summed E-state index contributed by atoms with van der Waals surface area (Å²) in [6.07, 6.45) is 0.240. The lowest BCUT2D eigenvalue weighted by Gasteiger charge is -2.39. The Hall–Kier alpha value is -2.38. The Morgan fingerprint density at radius 2 is 1.46 bits per heavy atom. The second-order valence-electron chi connectivity index (χ2n) is 7.55. The van der Waals surface area contributed by atoms with Crippen LogP contribution in [0.1, 0.15) is 11.1 Å². The minimum absolute atomic E-state index is 0.781. The molecule has 26 heavy (non-hydrogen) atoms. The van der Waals surface area contributed by atoms with Crippen molar-refractivity contribution in [2.75, 3.05) is 0 Å².